The molecule has 0 atom stereocenters. The van der Waals surface area contributed by atoms with Crippen LogP contribution in [0.4, 0.5) is 48.1 Å². The van der Waals surface area contributed by atoms with Gasteiger partial charge in [0.15, 0.2) is 34.0 Å². The Balaban J connectivity index is 1.08. The Morgan fingerprint density at radius 1 is 0.429 bits per heavy atom. The highest BCUT2D eigenvalue weighted by Crippen LogP contribution is 2.41. The maximum Gasteiger partial charge on any atom is 0.416 e. The van der Waals surface area contributed by atoms with E-state index in [1.54, 1.807) is 72.8 Å². The Labute approximate surface area is 394 Å². The van der Waals surface area contributed by atoms with Crippen molar-refractivity contribution in [1.82, 2.24) is 24.9 Å². The van der Waals surface area contributed by atoms with E-state index >= 15 is 0 Å². The van der Waals surface area contributed by atoms with E-state index in [4.69, 9.17) is 11.6 Å². The number of ketones is 4. The van der Waals surface area contributed by atoms with Gasteiger partial charge in [0.25, 0.3) is 0 Å². The first-order chi connectivity index (χ1) is 33.7. The van der Waals surface area contributed by atoms with Gasteiger partial charge in [-0.25, -0.2) is 0 Å². The summed E-state index contributed by atoms with van der Waals surface area (Å²) in [5, 5.41) is 9.11. The van der Waals surface area contributed by atoms with E-state index in [1.807, 2.05) is 0 Å². The minimum Gasteiger partial charge on any atom is -0.354 e. The predicted molar refractivity (Wildman–Crippen MR) is 257 cm³/mol. The number of nitrogens with zero attached hydrogens (tertiary/aromatic N) is 3. The van der Waals surface area contributed by atoms with Crippen LogP contribution in [0.2, 0.25) is 5.02 Å². The van der Waals surface area contributed by atoms with E-state index in [1.165, 1.54) is 36.4 Å². The number of fused-ring (bicyclic) bond motifs is 10. The molecule has 18 heteroatoms. The molecule has 10 aromatic rings. The molecule has 0 bridgehead atoms. The standard InChI is InChI=1S/C52H26ClF3N8O6/c53-31-18-17-22(52(54,55)56)19-34(31)59-49-62-50(60-35-20-29-41(57-32-15-7-5-13-27(32)43(29)65)39-37(35)45(67)23-9-1-3-11-25(23)47(39)69)64-51(63-49)61-36-21-30-42(58-33-16-8-6-14-28(33)44(30)66)40-38(36)46(68)24-10-2-4-12-26(24)48(40)70/h1-21H,(H,57,65)(H,58,66)(H3,59,60,61,62,63,64). The number of aromatic amines is 2. The molecule has 2 aliphatic carbocycles. The number of hydrogen-bond acceptors (Lipinski definition) is 12. The highest BCUT2D eigenvalue weighted by molar-refractivity contribution is 6.35. The lowest BCUT2D eigenvalue weighted by atomic mass is 9.81. The van der Waals surface area contributed by atoms with E-state index in [0.29, 0.717) is 11.0 Å². The van der Waals surface area contributed by atoms with Crippen LogP contribution in [-0.4, -0.2) is 48.1 Å². The second-order valence-electron chi connectivity index (χ2n) is 16.5. The molecule has 0 saturated carbocycles. The van der Waals surface area contributed by atoms with Crippen molar-refractivity contribution < 1.29 is 32.3 Å². The number of nitrogens with one attached hydrogen (secondary N) is 5. The van der Waals surface area contributed by atoms with Gasteiger partial charge < -0.3 is 25.9 Å². The zero-order valence-corrected chi connectivity index (χ0v) is 36.2. The number of carbonyl (C=O) groups excluding carboxylic acids is 4. The molecule has 0 radical (unpaired) electrons. The molecular weight excluding hydrogens is 925 g/mol. The van der Waals surface area contributed by atoms with E-state index in [2.05, 4.69) is 40.9 Å². The van der Waals surface area contributed by atoms with Crippen LogP contribution in [0.1, 0.15) is 69.2 Å². The summed E-state index contributed by atoms with van der Waals surface area (Å²) < 4.78 is 42.0. The first-order valence-electron chi connectivity index (χ1n) is 21.3. The number of anilines is 6. The molecule has 338 valence electrons. The van der Waals surface area contributed by atoms with Crippen LogP contribution in [0.5, 0.6) is 0 Å². The summed E-state index contributed by atoms with van der Waals surface area (Å²) in [5.41, 5.74) is -1.63. The summed E-state index contributed by atoms with van der Waals surface area (Å²) in [5.74, 6) is -3.52. The summed E-state index contributed by atoms with van der Waals surface area (Å²) in [4.78, 5) is 106. The van der Waals surface area contributed by atoms with Crippen molar-refractivity contribution in [2.45, 2.75) is 6.18 Å². The molecule has 12 rings (SSSR count). The SMILES string of the molecule is O=C1c2ccccc2C(=O)c2c1c(Nc1nc(Nc3cc(C(F)(F)F)ccc3Cl)nc(Nc3cc4c(=O)c5ccccc5[nH]c4c4c3C(=O)c3ccccc3C4=O)n1)cc1c(=O)c3ccccc3[nH]c21. The van der Waals surface area contributed by atoms with Gasteiger partial charge >= 0.3 is 6.18 Å². The van der Waals surface area contributed by atoms with E-state index in [0.717, 1.165) is 18.2 Å². The van der Waals surface area contributed by atoms with Gasteiger partial charge in [-0.3, -0.25) is 28.8 Å². The second kappa shape index (κ2) is 15.3. The number of alkyl halides is 3. The van der Waals surface area contributed by atoms with Gasteiger partial charge in [0.2, 0.25) is 17.8 Å². The minimum atomic E-state index is -4.78. The Kier molecular flexibility index (Phi) is 9.21. The number of carbonyl (C=O) groups is 4. The molecular formula is C52H26ClF3N8O6. The number of benzene rings is 7. The van der Waals surface area contributed by atoms with Crippen LogP contribution in [0.25, 0.3) is 43.6 Å². The first kappa shape index (κ1) is 42.0. The van der Waals surface area contributed by atoms with Gasteiger partial charge in [-0.15, -0.1) is 0 Å². The van der Waals surface area contributed by atoms with Gasteiger partial charge in [-0.1, -0.05) is 84.4 Å². The molecule has 2 aliphatic rings. The number of rotatable bonds is 6. The molecule has 0 saturated heterocycles. The molecule has 7 aromatic carbocycles. The molecule has 3 aromatic heterocycles. The van der Waals surface area contributed by atoms with Gasteiger partial charge in [0.05, 0.1) is 60.9 Å². The van der Waals surface area contributed by atoms with Gasteiger partial charge in [-0.05, 0) is 54.6 Å². The summed E-state index contributed by atoms with van der Waals surface area (Å²) in [6.07, 6.45) is -4.78. The Hall–Kier alpha value is -9.35. The van der Waals surface area contributed by atoms with Crippen molar-refractivity contribution in [1.29, 1.82) is 0 Å². The number of hydrogen-bond donors (Lipinski definition) is 5. The summed E-state index contributed by atoms with van der Waals surface area (Å²) in [7, 11) is 0. The zero-order valence-electron chi connectivity index (χ0n) is 35.4. The average molecular weight is 951 g/mol. The number of H-pyrrole nitrogens is 2. The quantitative estimate of drug-likeness (QED) is 0.0987. The maximum absolute atomic E-state index is 14.6. The fraction of sp³-hybridized carbons (Fsp3) is 0.0192. The fourth-order valence-electron chi connectivity index (χ4n) is 9.25. The summed E-state index contributed by atoms with van der Waals surface area (Å²) in [6.45, 7) is 0. The average Bonchev–Trinajstić information content (AvgIpc) is 3.35. The summed E-state index contributed by atoms with van der Waals surface area (Å²) >= 11 is 6.42. The van der Waals surface area contributed by atoms with E-state index < -0.39 is 63.6 Å². The predicted octanol–water partition coefficient (Wildman–Crippen LogP) is 10.3. The molecule has 0 aliphatic heterocycles. The van der Waals surface area contributed by atoms with Gasteiger partial charge in [0.1, 0.15) is 0 Å². The molecule has 3 heterocycles. The molecule has 0 spiro atoms. The highest BCUT2D eigenvalue weighted by atomic mass is 35.5. The molecule has 0 amide bonds. The van der Waals surface area contributed by atoms with E-state index in [9.17, 15) is 41.9 Å². The minimum absolute atomic E-state index is 0.0194. The zero-order chi connectivity index (χ0) is 48.3. The number of pyridine rings is 2. The van der Waals surface area contributed by atoms with Gasteiger partial charge in [-0.2, -0.15) is 28.1 Å². The molecule has 5 N–H and O–H groups in total. The molecule has 14 nitrogen and oxygen atoms in total. The Bertz CT molecular complexity index is 3980. The van der Waals surface area contributed by atoms with E-state index in [-0.39, 0.29) is 99.2 Å². The number of aromatic nitrogens is 5. The van der Waals surface area contributed by atoms with Crippen LogP contribution in [-0.2, 0) is 6.18 Å². The summed E-state index contributed by atoms with van der Waals surface area (Å²) in [6, 6.07) is 31.0. The van der Waals surface area contributed by atoms with Crippen LogP contribution in [0.15, 0.2) is 137 Å². The normalized spacial score (nSPS) is 13.1. The van der Waals surface area contributed by atoms with Crippen molar-refractivity contribution in [3.05, 3.63) is 203 Å². The lowest BCUT2D eigenvalue weighted by Gasteiger charge is -2.23. The first-order valence-corrected chi connectivity index (χ1v) is 21.7. The molecule has 70 heavy (non-hydrogen) atoms. The Morgan fingerprint density at radius 3 is 1.21 bits per heavy atom. The molecule has 0 fully saturated rings. The van der Waals surface area contributed by atoms with Crippen molar-refractivity contribution in [3.63, 3.8) is 0 Å². The van der Waals surface area contributed by atoms with Crippen LogP contribution < -0.4 is 26.8 Å². The topological polar surface area (TPSA) is 209 Å². The lowest BCUT2D eigenvalue weighted by molar-refractivity contribution is -0.137. The van der Waals surface area contributed by atoms with Crippen molar-refractivity contribution >= 4 is 113 Å². The van der Waals surface area contributed by atoms with Crippen molar-refractivity contribution in [2.24, 2.45) is 0 Å². The smallest absolute Gasteiger partial charge is 0.354 e. The third kappa shape index (κ3) is 6.46. The van der Waals surface area contributed by atoms with Crippen LogP contribution in [0.3, 0.4) is 0 Å². The monoisotopic (exact) mass is 950 g/mol. The molecule has 0 unspecified atom stereocenters. The lowest BCUT2D eigenvalue weighted by Crippen LogP contribution is -2.24. The van der Waals surface area contributed by atoms with Crippen LogP contribution in [0, 0.1) is 0 Å². The largest absolute Gasteiger partial charge is 0.416 e. The fourth-order valence-corrected chi connectivity index (χ4v) is 9.41. The number of halogens is 4. The van der Waals surface area contributed by atoms with Crippen LogP contribution >= 0.6 is 11.6 Å². The Morgan fingerprint density at radius 2 is 0.800 bits per heavy atom. The van der Waals surface area contributed by atoms with Crippen molar-refractivity contribution in [3.8, 4) is 0 Å². The second-order valence-corrected chi connectivity index (χ2v) is 16.9. The third-order valence-corrected chi connectivity index (χ3v) is 12.7. The number of para-hydroxylation sites is 2. The maximum atomic E-state index is 14.6. The highest BCUT2D eigenvalue weighted by Gasteiger charge is 2.37. The van der Waals surface area contributed by atoms with Crippen molar-refractivity contribution in [2.75, 3.05) is 16.0 Å². The third-order valence-electron chi connectivity index (χ3n) is 12.4. The van der Waals surface area contributed by atoms with Gasteiger partial charge in [0, 0.05) is 54.8 Å².